The topological polar surface area (TPSA) is 108 Å². The number of likely N-dealkylation sites (N-methyl/N-ethyl adjacent to an activating group) is 1. The molecule has 2 atom stereocenters. The van der Waals surface area contributed by atoms with Crippen molar-refractivity contribution in [2.45, 2.75) is 84.9 Å². The molecule has 186 valence electrons. The van der Waals surface area contributed by atoms with Crippen LogP contribution in [0.15, 0.2) is 24.3 Å². The van der Waals surface area contributed by atoms with Crippen LogP contribution in [-0.4, -0.2) is 53.1 Å². The van der Waals surface area contributed by atoms with E-state index in [1.165, 1.54) is 18.0 Å². The van der Waals surface area contributed by atoms with Crippen molar-refractivity contribution in [2.75, 3.05) is 13.6 Å². The molecule has 8 heteroatoms. The molecule has 8 nitrogen and oxygen atoms in total. The molecule has 1 aromatic rings. The third-order valence-corrected chi connectivity index (χ3v) is 4.99. The first kappa shape index (κ1) is 28.3. The van der Waals surface area contributed by atoms with E-state index in [2.05, 4.69) is 17.6 Å². The summed E-state index contributed by atoms with van der Waals surface area (Å²) in [5.74, 6) is -0.796. The molecule has 0 heterocycles. The van der Waals surface area contributed by atoms with Crippen LogP contribution < -0.4 is 10.6 Å². The zero-order chi connectivity index (χ0) is 25.2. The largest absolute Gasteiger partial charge is 0.508 e. The van der Waals surface area contributed by atoms with Crippen LogP contribution in [0.2, 0.25) is 0 Å². The third-order valence-electron chi connectivity index (χ3n) is 4.99. The quantitative estimate of drug-likeness (QED) is 0.428. The van der Waals surface area contributed by atoms with Gasteiger partial charge in [-0.2, -0.15) is 0 Å². The number of unbranched alkanes of at least 4 members (excludes halogenated alkanes) is 2. The highest BCUT2D eigenvalue weighted by atomic mass is 16.6. The van der Waals surface area contributed by atoms with E-state index < -0.39 is 29.7 Å². The Labute approximate surface area is 198 Å². The minimum atomic E-state index is -1.05. The Hall–Kier alpha value is -2.77. The molecule has 0 aliphatic heterocycles. The van der Waals surface area contributed by atoms with E-state index in [0.29, 0.717) is 18.5 Å². The number of hydrogen-bond donors (Lipinski definition) is 3. The summed E-state index contributed by atoms with van der Waals surface area (Å²) in [5.41, 5.74) is -0.389. The molecule has 0 aromatic heterocycles. The van der Waals surface area contributed by atoms with Crippen molar-refractivity contribution < 1.29 is 24.2 Å². The zero-order valence-electron chi connectivity index (χ0n) is 21.1. The molecule has 0 aliphatic carbocycles. The van der Waals surface area contributed by atoms with Crippen molar-refractivity contribution in [2.24, 2.45) is 5.92 Å². The summed E-state index contributed by atoms with van der Waals surface area (Å²) in [7, 11) is 1.51. The highest BCUT2D eigenvalue weighted by Crippen LogP contribution is 2.29. The Balaban J connectivity index is 3.18. The Morgan fingerprint density at radius 3 is 2.30 bits per heavy atom. The van der Waals surface area contributed by atoms with Crippen molar-refractivity contribution in [3.63, 3.8) is 0 Å². The number of nitrogens with one attached hydrogen (secondary N) is 2. The fourth-order valence-electron chi connectivity index (χ4n) is 3.44. The number of ether oxygens (including phenoxy) is 1. The smallest absolute Gasteiger partial charge is 0.408 e. The molecule has 3 amide bonds. The second-order valence-corrected chi connectivity index (χ2v) is 9.74. The molecule has 0 aliphatic rings. The number of rotatable bonds is 11. The Morgan fingerprint density at radius 2 is 1.76 bits per heavy atom. The number of phenols is 1. The molecule has 33 heavy (non-hydrogen) atoms. The van der Waals surface area contributed by atoms with Gasteiger partial charge in [-0.1, -0.05) is 51.8 Å². The summed E-state index contributed by atoms with van der Waals surface area (Å²) in [4.78, 5) is 40.3. The molecule has 1 rings (SSSR count). The number of amides is 3. The maximum absolute atomic E-state index is 13.5. The number of nitrogens with zero attached hydrogens (tertiary/aromatic N) is 1. The molecule has 1 aromatic carbocycles. The molecular weight excluding hydrogens is 422 g/mol. The van der Waals surface area contributed by atoms with Gasteiger partial charge in [-0.3, -0.25) is 9.59 Å². The van der Waals surface area contributed by atoms with Crippen LogP contribution in [0.3, 0.4) is 0 Å². The average Bonchev–Trinajstić information content (AvgIpc) is 2.70. The summed E-state index contributed by atoms with van der Waals surface area (Å²) in [6.45, 7) is 11.7. The van der Waals surface area contributed by atoms with E-state index in [4.69, 9.17) is 4.74 Å². The predicted molar refractivity (Wildman–Crippen MR) is 129 cm³/mol. The van der Waals surface area contributed by atoms with Crippen LogP contribution in [0.5, 0.6) is 5.75 Å². The minimum Gasteiger partial charge on any atom is -0.508 e. The minimum absolute atomic E-state index is 0.0774. The number of phenolic OH excluding ortho intramolecular Hbond substituents is 1. The van der Waals surface area contributed by atoms with Crippen LogP contribution in [-0.2, 0) is 14.3 Å². The number of para-hydroxylation sites is 1. The second kappa shape index (κ2) is 13.1. The van der Waals surface area contributed by atoms with E-state index in [-0.39, 0.29) is 17.6 Å². The molecule has 0 fully saturated rings. The van der Waals surface area contributed by atoms with Crippen molar-refractivity contribution >= 4 is 17.9 Å². The average molecular weight is 464 g/mol. The normalized spacial score (nSPS) is 13.2. The molecule has 0 radical (unpaired) electrons. The first-order chi connectivity index (χ1) is 15.4. The number of alkyl carbamates (subject to hydrolysis) is 1. The van der Waals surface area contributed by atoms with Crippen LogP contribution >= 0.6 is 0 Å². The van der Waals surface area contributed by atoms with Crippen LogP contribution in [0.25, 0.3) is 0 Å². The van der Waals surface area contributed by atoms with Gasteiger partial charge < -0.3 is 25.4 Å². The monoisotopic (exact) mass is 463 g/mol. The van der Waals surface area contributed by atoms with E-state index in [9.17, 15) is 19.5 Å². The maximum atomic E-state index is 13.5. The van der Waals surface area contributed by atoms with Gasteiger partial charge in [-0.15, -0.1) is 0 Å². The number of benzene rings is 1. The lowest BCUT2D eigenvalue weighted by atomic mass is 9.99. The highest BCUT2D eigenvalue weighted by molar-refractivity contribution is 5.92. The lowest BCUT2D eigenvalue weighted by Gasteiger charge is -2.32. The van der Waals surface area contributed by atoms with Crippen LogP contribution in [0, 0.1) is 5.92 Å². The van der Waals surface area contributed by atoms with E-state index in [1.54, 1.807) is 39.0 Å². The lowest BCUT2D eigenvalue weighted by Crippen LogP contribution is -2.52. The Kier molecular flexibility index (Phi) is 11.2. The van der Waals surface area contributed by atoms with Crippen molar-refractivity contribution in [1.82, 2.24) is 15.5 Å². The van der Waals surface area contributed by atoms with E-state index in [1.807, 2.05) is 13.8 Å². The number of aromatic hydroxyl groups is 1. The second-order valence-electron chi connectivity index (χ2n) is 9.74. The van der Waals surface area contributed by atoms with Crippen LogP contribution in [0.4, 0.5) is 4.79 Å². The van der Waals surface area contributed by atoms with Gasteiger partial charge in [0.25, 0.3) is 0 Å². The molecule has 0 saturated heterocycles. The van der Waals surface area contributed by atoms with Gasteiger partial charge in [0.05, 0.1) is 0 Å². The molecule has 3 N–H and O–H groups in total. The van der Waals surface area contributed by atoms with Gasteiger partial charge >= 0.3 is 6.09 Å². The summed E-state index contributed by atoms with van der Waals surface area (Å²) in [5, 5.41) is 16.0. The SMILES string of the molecule is CCCCCNC(=O)C(c1ccccc1O)N(C)C(=O)C(CC(C)C)NC(=O)OC(C)(C)C. The Morgan fingerprint density at radius 1 is 1.12 bits per heavy atom. The number of hydrogen-bond acceptors (Lipinski definition) is 5. The third kappa shape index (κ3) is 9.72. The summed E-state index contributed by atoms with van der Waals surface area (Å²) < 4.78 is 5.33. The zero-order valence-corrected chi connectivity index (χ0v) is 21.1. The highest BCUT2D eigenvalue weighted by Gasteiger charge is 2.35. The van der Waals surface area contributed by atoms with Gasteiger partial charge in [-0.25, -0.2) is 4.79 Å². The maximum Gasteiger partial charge on any atom is 0.408 e. The standard InChI is InChI=1S/C25H41N3O5/c1-8-9-12-15-26-22(30)21(18-13-10-11-14-20(18)29)28(7)23(31)19(16-17(2)3)27-24(32)33-25(4,5)6/h10-11,13-14,17,19,21,29H,8-9,12,15-16H2,1-7H3,(H,26,30)(H,27,32). The van der Waals surface area contributed by atoms with Gasteiger partial charge in [0.15, 0.2) is 0 Å². The fraction of sp³-hybridized carbons (Fsp3) is 0.640. The number of carbonyl (C=O) groups excluding carboxylic acids is 3. The molecule has 0 spiro atoms. The van der Waals surface area contributed by atoms with Crippen molar-refractivity contribution in [1.29, 1.82) is 0 Å². The molecule has 0 bridgehead atoms. The molecular formula is C25H41N3O5. The summed E-state index contributed by atoms with van der Waals surface area (Å²) in [6.07, 6.45) is 2.49. The molecule has 0 saturated carbocycles. The Bertz CT molecular complexity index is 788. The summed E-state index contributed by atoms with van der Waals surface area (Å²) >= 11 is 0. The lowest BCUT2D eigenvalue weighted by molar-refractivity contribution is -0.141. The predicted octanol–water partition coefficient (Wildman–Crippen LogP) is 4.14. The van der Waals surface area contributed by atoms with E-state index >= 15 is 0 Å². The van der Waals surface area contributed by atoms with Crippen LogP contribution in [0.1, 0.15) is 78.8 Å². The van der Waals surface area contributed by atoms with Gasteiger partial charge in [0.2, 0.25) is 11.8 Å². The van der Waals surface area contributed by atoms with Gasteiger partial charge in [-0.05, 0) is 45.6 Å². The van der Waals surface area contributed by atoms with Crippen molar-refractivity contribution in [3.05, 3.63) is 29.8 Å². The van der Waals surface area contributed by atoms with Crippen molar-refractivity contribution in [3.8, 4) is 5.75 Å². The number of carbonyl (C=O) groups is 3. The summed E-state index contributed by atoms with van der Waals surface area (Å²) in [6, 6.07) is 4.53. The van der Waals surface area contributed by atoms with Gasteiger partial charge in [0.1, 0.15) is 23.4 Å². The first-order valence-corrected chi connectivity index (χ1v) is 11.7. The molecule has 2 unspecified atom stereocenters. The van der Waals surface area contributed by atoms with E-state index in [0.717, 1.165) is 19.3 Å². The first-order valence-electron chi connectivity index (χ1n) is 11.7. The van der Waals surface area contributed by atoms with Gasteiger partial charge in [0, 0.05) is 19.2 Å². The fourth-order valence-corrected chi connectivity index (χ4v) is 3.44.